The first kappa shape index (κ1) is 15.1. The Morgan fingerprint density at radius 2 is 1.89 bits per heavy atom. The Labute approximate surface area is 126 Å². The molecule has 2 heteroatoms. The highest BCUT2D eigenvalue weighted by Gasteiger charge is 2.27. The van der Waals surface area contributed by atoms with Crippen molar-refractivity contribution in [3.05, 3.63) is 34.3 Å². The SMILES string of the molecule is CCC(NC1CC(C)CCC1C)c1ccc(Br)cc1. The zero-order chi connectivity index (χ0) is 13.8. The van der Waals surface area contributed by atoms with E-state index in [0.29, 0.717) is 12.1 Å². The van der Waals surface area contributed by atoms with E-state index in [4.69, 9.17) is 0 Å². The summed E-state index contributed by atoms with van der Waals surface area (Å²) in [4.78, 5) is 0. The topological polar surface area (TPSA) is 12.0 Å². The van der Waals surface area contributed by atoms with Crippen LogP contribution in [0.2, 0.25) is 0 Å². The monoisotopic (exact) mass is 323 g/mol. The van der Waals surface area contributed by atoms with Gasteiger partial charge < -0.3 is 5.32 Å². The maximum atomic E-state index is 3.91. The summed E-state index contributed by atoms with van der Waals surface area (Å²) in [5.74, 6) is 1.68. The van der Waals surface area contributed by atoms with Gasteiger partial charge in [-0.1, -0.05) is 55.3 Å². The summed E-state index contributed by atoms with van der Waals surface area (Å²) in [6.07, 6.45) is 5.25. The van der Waals surface area contributed by atoms with E-state index in [-0.39, 0.29) is 0 Å². The quantitative estimate of drug-likeness (QED) is 0.791. The Morgan fingerprint density at radius 1 is 1.21 bits per heavy atom. The highest BCUT2D eigenvalue weighted by atomic mass is 79.9. The molecular weight excluding hydrogens is 298 g/mol. The molecular formula is C17H26BrN. The molecule has 4 unspecified atom stereocenters. The maximum Gasteiger partial charge on any atom is 0.0320 e. The Balaban J connectivity index is 2.03. The lowest BCUT2D eigenvalue weighted by molar-refractivity contribution is 0.211. The highest BCUT2D eigenvalue weighted by Crippen LogP contribution is 2.31. The van der Waals surface area contributed by atoms with Crippen molar-refractivity contribution in [2.45, 2.75) is 58.5 Å². The normalized spacial score (nSPS) is 29.2. The fraction of sp³-hybridized carbons (Fsp3) is 0.647. The van der Waals surface area contributed by atoms with E-state index < -0.39 is 0 Å². The van der Waals surface area contributed by atoms with Gasteiger partial charge >= 0.3 is 0 Å². The third-order valence-electron chi connectivity index (χ3n) is 4.55. The van der Waals surface area contributed by atoms with Crippen LogP contribution in [0.3, 0.4) is 0 Å². The Morgan fingerprint density at radius 3 is 2.53 bits per heavy atom. The van der Waals surface area contributed by atoms with E-state index in [1.165, 1.54) is 24.8 Å². The molecule has 106 valence electrons. The van der Waals surface area contributed by atoms with Crippen LogP contribution >= 0.6 is 15.9 Å². The summed E-state index contributed by atoms with van der Waals surface area (Å²) in [7, 11) is 0. The Kier molecular flexibility index (Phi) is 5.47. The van der Waals surface area contributed by atoms with Crippen molar-refractivity contribution >= 4 is 15.9 Å². The number of nitrogens with one attached hydrogen (secondary N) is 1. The molecule has 1 aliphatic carbocycles. The smallest absolute Gasteiger partial charge is 0.0320 e. The fourth-order valence-corrected chi connectivity index (χ4v) is 3.43. The minimum absolute atomic E-state index is 0.492. The first-order chi connectivity index (χ1) is 9.10. The van der Waals surface area contributed by atoms with Crippen molar-refractivity contribution in [3.63, 3.8) is 0 Å². The zero-order valence-electron chi connectivity index (χ0n) is 12.3. The average Bonchev–Trinajstić information content (AvgIpc) is 2.41. The van der Waals surface area contributed by atoms with Gasteiger partial charge in [-0.05, 0) is 48.8 Å². The van der Waals surface area contributed by atoms with Crippen LogP contribution in [0.1, 0.15) is 58.1 Å². The fourth-order valence-electron chi connectivity index (χ4n) is 3.17. The molecule has 0 heterocycles. The first-order valence-corrected chi connectivity index (χ1v) is 8.41. The molecule has 1 fully saturated rings. The molecule has 0 bridgehead atoms. The van der Waals surface area contributed by atoms with Crippen LogP contribution < -0.4 is 5.32 Å². The predicted molar refractivity (Wildman–Crippen MR) is 86.3 cm³/mol. The number of halogens is 1. The molecule has 4 atom stereocenters. The van der Waals surface area contributed by atoms with Crippen molar-refractivity contribution in [1.82, 2.24) is 5.32 Å². The number of rotatable bonds is 4. The second-order valence-corrected chi connectivity index (χ2v) is 7.10. The molecule has 0 aromatic heterocycles. The second-order valence-electron chi connectivity index (χ2n) is 6.18. The molecule has 1 aliphatic rings. The summed E-state index contributed by atoms with van der Waals surface area (Å²) in [6.45, 7) is 7.07. The van der Waals surface area contributed by atoms with E-state index >= 15 is 0 Å². The summed E-state index contributed by atoms with van der Waals surface area (Å²) in [5, 5.41) is 3.91. The van der Waals surface area contributed by atoms with E-state index in [1.807, 2.05) is 0 Å². The average molecular weight is 324 g/mol. The van der Waals surface area contributed by atoms with Gasteiger partial charge in [-0.3, -0.25) is 0 Å². The van der Waals surface area contributed by atoms with Gasteiger partial charge in [0.2, 0.25) is 0 Å². The molecule has 1 aromatic rings. The molecule has 0 amide bonds. The van der Waals surface area contributed by atoms with Crippen LogP contribution in [0.25, 0.3) is 0 Å². The van der Waals surface area contributed by atoms with Crippen molar-refractivity contribution in [2.75, 3.05) is 0 Å². The molecule has 0 radical (unpaired) electrons. The van der Waals surface area contributed by atoms with Crippen molar-refractivity contribution in [3.8, 4) is 0 Å². The van der Waals surface area contributed by atoms with Gasteiger partial charge in [-0.25, -0.2) is 0 Å². The Bertz CT molecular complexity index is 387. The van der Waals surface area contributed by atoms with Crippen LogP contribution in [0.15, 0.2) is 28.7 Å². The second kappa shape index (κ2) is 6.90. The van der Waals surface area contributed by atoms with Gasteiger partial charge in [0.05, 0.1) is 0 Å². The summed E-state index contributed by atoms with van der Waals surface area (Å²) < 4.78 is 1.16. The summed E-state index contributed by atoms with van der Waals surface area (Å²) in [6, 6.07) is 9.94. The zero-order valence-corrected chi connectivity index (χ0v) is 13.9. The van der Waals surface area contributed by atoms with Crippen LogP contribution in [0.5, 0.6) is 0 Å². The van der Waals surface area contributed by atoms with Gasteiger partial charge in [0.15, 0.2) is 0 Å². The third kappa shape index (κ3) is 4.06. The van der Waals surface area contributed by atoms with Gasteiger partial charge in [-0.2, -0.15) is 0 Å². The van der Waals surface area contributed by atoms with Crippen LogP contribution in [0, 0.1) is 11.8 Å². The minimum atomic E-state index is 0.492. The van der Waals surface area contributed by atoms with Gasteiger partial charge in [-0.15, -0.1) is 0 Å². The van der Waals surface area contributed by atoms with E-state index in [0.717, 1.165) is 22.7 Å². The van der Waals surface area contributed by atoms with Crippen molar-refractivity contribution in [1.29, 1.82) is 0 Å². The molecule has 1 N–H and O–H groups in total. The number of hydrogen-bond acceptors (Lipinski definition) is 1. The highest BCUT2D eigenvalue weighted by molar-refractivity contribution is 9.10. The van der Waals surface area contributed by atoms with Gasteiger partial charge in [0, 0.05) is 16.6 Å². The Hall–Kier alpha value is -0.340. The lowest BCUT2D eigenvalue weighted by Crippen LogP contribution is -2.41. The maximum absolute atomic E-state index is 3.91. The van der Waals surface area contributed by atoms with E-state index in [2.05, 4.69) is 66.3 Å². The van der Waals surface area contributed by atoms with Crippen molar-refractivity contribution in [2.24, 2.45) is 11.8 Å². The standard InChI is InChI=1S/C17H26BrN/c1-4-16(14-7-9-15(18)10-8-14)19-17-11-12(2)5-6-13(17)3/h7-10,12-13,16-17,19H,4-6,11H2,1-3H3. The molecule has 0 aliphatic heterocycles. The largest absolute Gasteiger partial charge is 0.307 e. The molecule has 1 saturated carbocycles. The van der Waals surface area contributed by atoms with Crippen LogP contribution in [-0.2, 0) is 0 Å². The predicted octanol–water partition coefficient (Wildman–Crippen LogP) is 5.31. The third-order valence-corrected chi connectivity index (χ3v) is 5.08. The number of hydrogen-bond donors (Lipinski definition) is 1. The minimum Gasteiger partial charge on any atom is -0.307 e. The summed E-state index contributed by atoms with van der Waals surface area (Å²) >= 11 is 3.51. The van der Waals surface area contributed by atoms with Gasteiger partial charge in [0.1, 0.15) is 0 Å². The molecule has 0 saturated heterocycles. The van der Waals surface area contributed by atoms with E-state index in [1.54, 1.807) is 0 Å². The van der Waals surface area contributed by atoms with Crippen LogP contribution in [0.4, 0.5) is 0 Å². The van der Waals surface area contributed by atoms with Crippen LogP contribution in [-0.4, -0.2) is 6.04 Å². The lowest BCUT2D eigenvalue weighted by Gasteiger charge is -2.36. The molecule has 19 heavy (non-hydrogen) atoms. The molecule has 2 rings (SSSR count). The first-order valence-electron chi connectivity index (χ1n) is 7.61. The lowest BCUT2D eigenvalue weighted by atomic mass is 9.79. The molecule has 0 spiro atoms. The molecule has 1 nitrogen and oxygen atoms in total. The van der Waals surface area contributed by atoms with Crippen molar-refractivity contribution < 1.29 is 0 Å². The number of benzene rings is 1. The van der Waals surface area contributed by atoms with E-state index in [9.17, 15) is 0 Å². The summed E-state index contributed by atoms with van der Waals surface area (Å²) in [5.41, 5.74) is 1.41. The molecule has 1 aromatic carbocycles. The van der Waals surface area contributed by atoms with Gasteiger partial charge in [0.25, 0.3) is 0 Å².